The molecule has 4 N–H and O–H groups in total. The fraction of sp³-hybridized carbons (Fsp3) is 0.579. The van der Waals surface area contributed by atoms with Gasteiger partial charge in [0.15, 0.2) is 0 Å². The van der Waals surface area contributed by atoms with Gasteiger partial charge in [-0.05, 0) is 37.0 Å². The summed E-state index contributed by atoms with van der Waals surface area (Å²) in [7, 11) is 0. The van der Waals surface area contributed by atoms with Gasteiger partial charge in [0, 0.05) is 18.2 Å². The molecule has 0 bridgehead atoms. The van der Waals surface area contributed by atoms with Gasteiger partial charge < -0.3 is 16.4 Å². The number of carbonyl (C=O) groups excluding carboxylic acids is 2. The molecule has 0 aliphatic heterocycles. The number of nitrogens with one attached hydrogen (secondary N) is 2. The molecule has 5 nitrogen and oxygen atoms in total. The highest BCUT2D eigenvalue weighted by Crippen LogP contribution is 2.26. The van der Waals surface area contributed by atoms with Crippen LogP contribution in [-0.4, -0.2) is 17.4 Å². The Morgan fingerprint density at radius 3 is 2.62 bits per heavy atom. The Hall–Kier alpha value is -1.88. The van der Waals surface area contributed by atoms with Gasteiger partial charge in [-0.3, -0.25) is 9.59 Å². The van der Waals surface area contributed by atoms with Gasteiger partial charge >= 0.3 is 0 Å². The highest BCUT2D eigenvalue weighted by atomic mass is 16.2. The van der Waals surface area contributed by atoms with Crippen LogP contribution in [0.1, 0.15) is 57.9 Å². The van der Waals surface area contributed by atoms with Crippen LogP contribution in [0.3, 0.4) is 0 Å². The highest BCUT2D eigenvalue weighted by molar-refractivity contribution is 5.92. The van der Waals surface area contributed by atoms with Crippen LogP contribution in [-0.2, 0) is 16.1 Å². The summed E-state index contributed by atoms with van der Waals surface area (Å²) in [5, 5.41) is 5.86. The van der Waals surface area contributed by atoms with Gasteiger partial charge in [0.05, 0.1) is 5.54 Å². The van der Waals surface area contributed by atoms with Crippen molar-refractivity contribution in [3.63, 3.8) is 0 Å². The third kappa shape index (κ3) is 4.81. The van der Waals surface area contributed by atoms with Gasteiger partial charge in [0.2, 0.25) is 11.8 Å². The molecule has 0 saturated heterocycles. The molecular weight excluding hydrogens is 302 g/mol. The average Bonchev–Trinajstić information content (AvgIpc) is 2.59. The fourth-order valence-corrected chi connectivity index (χ4v) is 2.98. The first-order valence-corrected chi connectivity index (χ1v) is 8.91. The van der Waals surface area contributed by atoms with E-state index in [0.29, 0.717) is 6.54 Å². The molecule has 1 unspecified atom stereocenters. The molecule has 1 aliphatic rings. The lowest BCUT2D eigenvalue weighted by Crippen LogP contribution is -2.54. The minimum absolute atomic E-state index is 0.0156. The van der Waals surface area contributed by atoms with Crippen molar-refractivity contribution in [1.29, 1.82) is 0 Å². The molecule has 5 heteroatoms. The first-order chi connectivity index (χ1) is 11.4. The zero-order chi connectivity index (χ0) is 17.6. The number of benzene rings is 1. The Morgan fingerprint density at radius 1 is 1.25 bits per heavy atom. The highest BCUT2D eigenvalue weighted by Gasteiger charge is 2.34. The maximum absolute atomic E-state index is 12.4. The largest absolute Gasteiger partial charge is 0.350 e. The summed E-state index contributed by atoms with van der Waals surface area (Å²) < 4.78 is 0. The van der Waals surface area contributed by atoms with E-state index in [1.165, 1.54) is 0 Å². The van der Waals surface area contributed by atoms with Crippen molar-refractivity contribution in [1.82, 2.24) is 5.32 Å². The Balaban J connectivity index is 1.92. The van der Waals surface area contributed by atoms with Crippen LogP contribution in [0.5, 0.6) is 0 Å². The monoisotopic (exact) mass is 331 g/mol. The number of amides is 2. The molecule has 2 rings (SSSR count). The molecule has 1 aliphatic carbocycles. The third-order valence-electron chi connectivity index (χ3n) is 4.91. The second kappa shape index (κ2) is 8.29. The lowest BCUT2D eigenvalue weighted by atomic mass is 9.82. The quantitative estimate of drug-likeness (QED) is 0.749. The minimum atomic E-state index is -0.722. The molecule has 1 atom stereocenters. The van der Waals surface area contributed by atoms with E-state index < -0.39 is 5.54 Å². The maximum Gasteiger partial charge on any atom is 0.240 e. The molecule has 1 aromatic rings. The van der Waals surface area contributed by atoms with E-state index >= 15 is 0 Å². The number of hydrogen-bond acceptors (Lipinski definition) is 3. The zero-order valence-corrected chi connectivity index (χ0v) is 14.7. The van der Waals surface area contributed by atoms with E-state index in [1.807, 2.05) is 38.1 Å². The van der Waals surface area contributed by atoms with Gasteiger partial charge in [-0.25, -0.2) is 0 Å². The molecule has 132 valence electrons. The van der Waals surface area contributed by atoms with Crippen molar-refractivity contribution in [3.8, 4) is 0 Å². The van der Waals surface area contributed by atoms with Gasteiger partial charge in [-0.2, -0.15) is 0 Å². The molecule has 0 spiro atoms. The van der Waals surface area contributed by atoms with Crippen LogP contribution < -0.4 is 16.4 Å². The molecule has 0 heterocycles. The van der Waals surface area contributed by atoms with E-state index in [1.54, 1.807) is 0 Å². The minimum Gasteiger partial charge on any atom is -0.350 e. The van der Waals surface area contributed by atoms with Crippen molar-refractivity contribution in [2.75, 3.05) is 5.32 Å². The maximum atomic E-state index is 12.4. The summed E-state index contributed by atoms with van der Waals surface area (Å²) in [6.07, 6.45) is 5.50. The van der Waals surface area contributed by atoms with Gasteiger partial charge in [-0.1, -0.05) is 45.2 Å². The van der Waals surface area contributed by atoms with E-state index in [9.17, 15) is 9.59 Å². The van der Waals surface area contributed by atoms with Crippen molar-refractivity contribution < 1.29 is 9.59 Å². The van der Waals surface area contributed by atoms with E-state index in [0.717, 1.165) is 49.8 Å². The number of hydrogen-bond donors (Lipinski definition) is 3. The topological polar surface area (TPSA) is 84.2 Å². The second-order valence-corrected chi connectivity index (χ2v) is 6.90. The summed E-state index contributed by atoms with van der Waals surface area (Å²) >= 11 is 0. The van der Waals surface area contributed by atoms with Gasteiger partial charge in [0.25, 0.3) is 0 Å². The number of anilines is 1. The van der Waals surface area contributed by atoms with Gasteiger partial charge in [-0.15, -0.1) is 0 Å². The van der Waals surface area contributed by atoms with Crippen molar-refractivity contribution >= 4 is 17.5 Å². The van der Waals surface area contributed by atoms with E-state index in [2.05, 4.69) is 10.6 Å². The Morgan fingerprint density at radius 2 is 1.96 bits per heavy atom. The predicted molar refractivity (Wildman–Crippen MR) is 96.4 cm³/mol. The Kier molecular flexibility index (Phi) is 6.37. The van der Waals surface area contributed by atoms with Gasteiger partial charge in [0.1, 0.15) is 0 Å². The molecule has 2 amide bonds. The van der Waals surface area contributed by atoms with Crippen molar-refractivity contribution in [2.24, 2.45) is 11.7 Å². The number of rotatable bonds is 6. The molecule has 1 aromatic carbocycles. The van der Waals surface area contributed by atoms with E-state index in [4.69, 9.17) is 5.73 Å². The summed E-state index contributed by atoms with van der Waals surface area (Å²) in [4.78, 5) is 24.4. The zero-order valence-electron chi connectivity index (χ0n) is 14.7. The van der Waals surface area contributed by atoms with Crippen molar-refractivity contribution in [2.45, 2.75) is 64.5 Å². The molecule has 0 radical (unpaired) electrons. The van der Waals surface area contributed by atoms with E-state index in [-0.39, 0.29) is 17.7 Å². The predicted octanol–water partition coefficient (Wildman–Crippen LogP) is 2.95. The smallest absolute Gasteiger partial charge is 0.240 e. The molecule has 1 fully saturated rings. The molecule has 1 saturated carbocycles. The summed E-state index contributed by atoms with van der Waals surface area (Å²) in [6, 6.07) is 7.57. The second-order valence-electron chi connectivity index (χ2n) is 6.90. The van der Waals surface area contributed by atoms with Crippen LogP contribution in [0.2, 0.25) is 0 Å². The summed E-state index contributed by atoms with van der Waals surface area (Å²) in [5.74, 6) is -0.0743. The van der Waals surface area contributed by atoms with Crippen LogP contribution in [0.4, 0.5) is 5.69 Å². The molecule has 0 aromatic heterocycles. The Labute approximate surface area is 144 Å². The van der Waals surface area contributed by atoms with Crippen LogP contribution >= 0.6 is 0 Å². The van der Waals surface area contributed by atoms with Crippen LogP contribution in [0, 0.1) is 5.92 Å². The lowest BCUT2D eigenvalue weighted by Gasteiger charge is -2.31. The normalized spacial score (nSPS) is 17.8. The van der Waals surface area contributed by atoms with Crippen molar-refractivity contribution in [3.05, 3.63) is 29.8 Å². The lowest BCUT2D eigenvalue weighted by molar-refractivity contribution is -0.127. The SMILES string of the molecule is CCC(C)C(=O)Nc1cccc(CNC(=O)C2(N)CCCCC2)c1. The first kappa shape index (κ1) is 18.5. The number of carbonyl (C=O) groups is 2. The summed E-state index contributed by atoms with van der Waals surface area (Å²) in [6.45, 7) is 4.32. The number of nitrogens with two attached hydrogens (primary N) is 1. The summed E-state index contributed by atoms with van der Waals surface area (Å²) in [5.41, 5.74) is 7.23. The molecular formula is C19H29N3O2. The average molecular weight is 331 g/mol. The van der Waals surface area contributed by atoms with Crippen LogP contribution in [0.15, 0.2) is 24.3 Å². The molecule has 24 heavy (non-hydrogen) atoms. The first-order valence-electron chi connectivity index (χ1n) is 8.91. The third-order valence-corrected chi connectivity index (χ3v) is 4.91. The standard InChI is InChI=1S/C19H29N3O2/c1-3-14(2)17(23)22-16-9-7-8-15(12-16)13-21-18(24)19(20)10-5-4-6-11-19/h7-9,12,14H,3-6,10-11,13,20H2,1-2H3,(H,21,24)(H,22,23). The van der Waals surface area contributed by atoms with Crippen LogP contribution in [0.25, 0.3) is 0 Å². The Bertz CT molecular complexity index is 580. The fourth-order valence-electron chi connectivity index (χ4n) is 2.98.